The largest absolute Gasteiger partial charge is 0.493 e. The highest BCUT2D eigenvalue weighted by atomic mass is 35.5. The molecule has 1 saturated heterocycles. The molecule has 4 rings (SSSR count). The molecule has 0 bridgehead atoms. The monoisotopic (exact) mass is 482 g/mol. The zero-order valence-electron chi connectivity index (χ0n) is 17.5. The first kappa shape index (κ1) is 22.7. The lowest BCUT2D eigenvalue weighted by Crippen LogP contribution is -2.36. The molecular weight excluding hydrogens is 464 g/mol. The molecule has 3 aromatic rings. The van der Waals surface area contributed by atoms with Crippen LogP contribution in [-0.4, -0.2) is 35.6 Å². The van der Waals surface area contributed by atoms with E-state index in [2.05, 4.69) is 0 Å². The number of ether oxygens (including phenoxy) is 2. The number of halogens is 1. The minimum Gasteiger partial charge on any atom is -0.493 e. The second-order valence-electron chi connectivity index (χ2n) is 7.20. The number of carbonyl (C=O) groups excluding carboxylic acids is 3. The molecule has 0 atom stereocenters. The van der Waals surface area contributed by atoms with Crippen LogP contribution in [0.5, 0.6) is 11.5 Å². The molecule has 168 valence electrons. The Morgan fingerprint density at radius 1 is 1.15 bits per heavy atom. The van der Waals surface area contributed by atoms with E-state index in [4.69, 9.17) is 26.8 Å². The second kappa shape index (κ2) is 9.56. The summed E-state index contributed by atoms with van der Waals surface area (Å²) in [5, 5.41) is 1.92. The summed E-state index contributed by atoms with van der Waals surface area (Å²) in [6.45, 7) is -0.185. The first-order valence-electron chi connectivity index (χ1n) is 9.88. The van der Waals surface area contributed by atoms with Crippen molar-refractivity contribution in [2.45, 2.75) is 6.61 Å². The van der Waals surface area contributed by atoms with E-state index >= 15 is 0 Å². The molecule has 2 N–H and O–H groups in total. The van der Waals surface area contributed by atoms with Crippen LogP contribution in [0.1, 0.15) is 11.1 Å². The molecule has 0 saturated carbocycles. The van der Waals surface area contributed by atoms with Crippen molar-refractivity contribution in [1.82, 2.24) is 4.90 Å². The van der Waals surface area contributed by atoms with Crippen LogP contribution in [0.4, 0.5) is 4.79 Å². The zero-order valence-corrected chi connectivity index (χ0v) is 19.1. The van der Waals surface area contributed by atoms with Crippen LogP contribution >= 0.6 is 23.4 Å². The second-order valence-corrected chi connectivity index (χ2v) is 8.60. The Kier molecular flexibility index (Phi) is 6.57. The highest BCUT2D eigenvalue weighted by molar-refractivity contribution is 8.18. The Bertz CT molecular complexity index is 1300. The van der Waals surface area contributed by atoms with Crippen molar-refractivity contribution < 1.29 is 23.9 Å². The van der Waals surface area contributed by atoms with Crippen molar-refractivity contribution >= 4 is 57.3 Å². The van der Waals surface area contributed by atoms with Crippen molar-refractivity contribution in [3.05, 3.63) is 75.7 Å². The number of hydrogen-bond donors (Lipinski definition) is 1. The van der Waals surface area contributed by atoms with Crippen LogP contribution < -0.4 is 15.2 Å². The summed E-state index contributed by atoms with van der Waals surface area (Å²) in [5.41, 5.74) is 6.65. The summed E-state index contributed by atoms with van der Waals surface area (Å²) in [5.74, 6) is -0.609. The summed E-state index contributed by atoms with van der Waals surface area (Å²) in [7, 11) is 1.49. The molecule has 1 aliphatic rings. The topological polar surface area (TPSA) is 98.9 Å². The van der Waals surface area contributed by atoms with Gasteiger partial charge in [0, 0.05) is 0 Å². The normalized spacial score (nSPS) is 14.8. The van der Waals surface area contributed by atoms with Gasteiger partial charge in [-0.05, 0) is 51.9 Å². The van der Waals surface area contributed by atoms with Gasteiger partial charge in [-0.25, -0.2) is 0 Å². The number of fused-ring (bicyclic) bond motifs is 1. The fourth-order valence-corrected chi connectivity index (χ4v) is 4.59. The van der Waals surface area contributed by atoms with Crippen LogP contribution in [0.25, 0.3) is 16.8 Å². The van der Waals surface area contributed by atoms with Crippen LogP contribution in [0.3, 0.4) is 0 Å². The minimum absolute atomic E-state index is 0.156. The van der Waals surface area contributed by atoms with Gasteiger partial charge in [0.05, 0.1) is 17.0 Å². The van der Waals surface area contributed by atoms with Gasteiger partial charge in [-0.3, -0.25) is 19.3 Å². The lowest BCUT2D eigenvalue weighted by molar-refractivity contribution is -0.127. The van der Waals surface area contributed by atoms with Gasteiger partial charge in [0.25, 0.3) is 11.1 Å². The molecule has 0 aromatic heterocycles. The van der Waals surface area contributed by atoms with Crippen LogP contribution in [0.2, 0.25) is 5.02 Å². The third kappa shape index (κ3) is 4.81. The van der Waals surface area contributed by atoms with Gasteiger partial charge >= 0.3 is 0 Å². The Hall–Kier alpha value is -3.49. The van der Waals surface area contributed by atoms with Gasteiger partial charge in [0.1, 0.15) is 13.2 Å². The summed E-state index contributed by atoms with van der Waals surface area (Å²) >= 11 is 7.21. The van der Waals surface area contributed by atoms with Gasteiger partial charge in [0.15, 0.2) is 11.5 Å². The van der Waals surface area contributed by atoms with Crippen LogP contribution in [-0.2, 0) is 16.2 Å². The molecule has 7 nitrogen and oxygen atoms in total. The molecule has 0 unspecified atom stereocenters. The Labute approximate surface area is 199 Å². The van der Waals surface area contributed by atoms with Crippen molar-refractivity contribution in [3.63, 3.8) is 0 Å². The van der Waals surface area contributed by atoms with Gasteiger partial charge in [-0.15, -0.1) is 0 Å². The summed E-state index contributed by atoms with van der Waals surface area (Å²) in [6, 6.07) is 17.3. The smallest absolute Gasteiger partial charge is 0.294 e. The van der Waals surface area contributed by atoms with Crippen molar-refractivity contribution in [2.24, 2.45) is 5.73 Å². The molecular formula is C24H19ClN2O5S. The SMILES string of the molecule is COc1cc(/C=C2\SC(=O)N(CC(N)=O)C2=O)cc(Cl)c1OCc1cccc2ccccc12. The van der Waals surface area contributed by atoms with Crippen molar-refractivity contribution in [3.8, 4) is 11.5 Å². The Morgan fingerprint density at radius 3 is 2.67 bits per heavy atom. The molecule has 0 aliphatic carbocycles. The van der Waals surface area contributed by atoms with E-state index in [0.29, 0.717) is 17.1 Å². The number of primary amides is 1. The van der Waals surface area contributed by atoms with E-state index in [-0.39, 0.29) is 16.5 Å². The van der Waals surface area contributed by atoms with Gasteiger partial charge in [-0.2, -0.15) is 0 Å². The minimum atomic E-state index is -0.768. The predicted molar refractivity (Wildman–Crippen MR) is 128 cm³/mol. The van der Waals surface area contributed by atoms with E-state index in [9.17, 15) is 14.4 Å². The molecule has 3 amide bonds. The van der Waals surface area contributed by atoms with E-state index in [1.165, 1.54) is 13.2 Å². The highest BCUT2D eigenvalue weighted by Gasteiger charge is 2.35. The number of carbonyl (C=O) groups is 3. The van der Waals surface area contributed by atoms with Crippen molar-refractivity contribution in [1.29, 1.82) is 0 Å². The fraction of sp³-hybridized carbons (Fsp3) is 0.125. The molecule has 1 heterocycles. The number of amides is 3. The third-order valence-corrected chi connectivity index (χ3v) is 6.18. The van der Waals surface area contributed by atoms with E-state index in [0.717, 1.165) is 33.0 Å². The quantitative estimate of drug-likeness (QED) is 0.494. The molecule has 9 heteroatoms. The van der Waals surface area contributed by atoms with E-state index < -0.39 is 23.6 Å². The van der Waals surface area contributed by atoms with Gasteiger partial charge in [-0.1, -0.05) is 54.1 Å². The Balaban J connectivity index is 1.59. The maximum atomic E-state index is 12.4. The number of imide groups is 1. The van der Waals surface area contributed by atoms with Crippen molar-refractivity contribution in [2.75, 3.05) is 13.7 Å². The number of methoxy groups -OCH3 is 1. The molecule has 1 fully saturated rings. The van der Waals surface area contributed by atoms with Crippen LogP contribution in [0, 0.1) is 0 Å². The lowest BCUT2D eigenvalue weighted by atomic mass is 10.1. The summed E-state index contributed by atoms with van der Waals surface area (Å²) in [4.78, 5) is 36.5. The first-order valence-corrected chi connectivity index (χ1v) is 11.1. The average Bonchev–Trinajstić information content (AvgIpc) is 3.05. The number of benzene rings is 3. The summed E-state index contributed by atoms with van der Waals surface area (Å²) < 4.78 is 11.5. The average molecular weight is 483 g/mol. The number of nitrogens with two attached hydrogens (primary N) is 1. The molecule has 33 heavy (non-hydrogen) atoms. The molecule has 1 aliphatic heterocycles. The number of hydrogen-bond acceptors (Lipinski definition) is 6. The van der Waals surface area contributed by atoms with Gasteiger partial charge < -0.3 is 15.2 Å². The standard InChI is InChI=1S/C24H19ClN2O5S/c1-31-19-10-14(11-20-23(29)27(12-21(26)28)24(30)33-20)9-18(25)22(19)32-13-16-7-4-6-15-5-2-3-8-17(15)16/h2-11H,12-13H2,1H3,(H2,26,28)/b20-11-. The maximum Gasteiger partial charge on any atom is 0.294 e. The Morgan fingerprint density at radius 2 is 1.91 bits per heavy atom. The third-order valence-electron chi connectivity index (χ3n) is 4.99. The van der Waals surface area contributed by atoms with Crippen LogP contribution in [0.15, 0.2) is 59.5 Å². The molecule has 3 aromatic carbocycles. The van der Waals surface area contributed by atoms with E-state index in [1.807, 2.05) is 42.5 Å². The molecule has 0 radical (unpaired) electrons. The predicted octanol–water partition coefficient (Wildman–Crippen LogP) is 4.60. The van der Waals surface area contributed by atoms with E-state index in [1.54, 1.807) is 12.1 Å². The molecule has 0 spiro atoms. The number of rotatable bonds is 7. The number of nitrogens with zero attached hydrogens (tertiary/aromatic N) is 1. The lowest BCUT2D eigenvalue weighted by Gasteiger charge is -2.14. The summed E-state index contributed by atoms with van der Waals surface area (Å²) in [6.07, 6.45) is 1.51. The fourth-order valence-electron chi connectivity index (χ4n) is 3.47. The highest BCUT2D eigenvalue weighted by Crippen LogP contribution is 2.39. The first-order chi connectivity index (χ1) is 15.9. The van der Waals surface area contributed by atoms with Gasteiger partial charge in [0.2, 0.25) is 5.91 Å². The zero-order chi connectivity index (χ0) is 23.5. The maximum absolute atomic E-state index is 12.4. The number of thioether (sulfide) groups is 1.